The van der Waals surface area contributed by atoms with Gasteiger partial charge >= 0.3 is 0 Å². The lowest BCUT2D eigenvalue weighted by Gasteiger charge is -2.52. The predicted molar refractivity (Wildman–Crippen MR) is 59.6 cm³/mol. The molecule has 15 heavy (non-hydrogen) atoms. The quantitative estimate of drug-likeness (QED) is 0.697. The van der Waals surface area contributed by atoms with Gasteiger partial charge in [0.15, 0.2) is 0 Å². The van der Waals surface area contributed by atoms with Crippen LogP contribution in [0.4, 0.5) is 0 Å². The van der Waals surface area contributed by atoms with Gasteiger partial charge in [-0.15, -0.1) is 0 Å². The van der Waals surface area contributed by atoms with Crippen molar-refractivity contribution in [2.75, 3.05) is 19.7 Å². The predicted octanol–water partition coefficient (Wildman–Crippen LogP) is 0.833. The molecule has 0 radical (unpaired) electrons. The third-order valence-corrected chi connectivity index (χ3v) is 4.65. The van der Waals surface area contributed by atoms with Gasteiger partial charge in [-0.25, -0.2) is 0 Å². The molecular formula is C12H22N2O. The average Bonchev–Trinajstić information content (AvgIpc) is 2.65. The second-order valence-corrected chi connectivity index (χ2v) is 5.57. The zero-order valence-corrected chi connectivity index (χ0v) is 9.56. The van der Waals surface area contributed by atoms with Gasteiger partial charge in [-0.3, -0.25) is 4.90 Å². The van der Waals surface area contributed by atoms with Gasteiger partial charge in [0.05, 0.1) is 12.1 Å². The number of hydrogen-bond acceptors (Lipinski definition) is 3. The van der Waals surface area contributed by atoms with Gasteiger partial charge in [-0.1, -0.05) is 6.92 Å². The largest absolute Gasteiger partial charge is 0.376 e. The molecule has 3 fully saturated rings. The fourth-order valence-electron chi connectivity index (χ4n) is 3.50. The summed E-state index contributed by atoms with van der Waals surface area (Å²) in [6.07, 6.45) is 4.32. The van der Waals surface area contributed by atoms with Crippen LogP contribution in [-0.4, -0.2) is 42.8 Å². The normalized spacial score (nSPS) is 47.6. The number of ether oxygens (including phenoxy) is 1. The lowest BCUT2D eigenvalue weighted by molar-refractivity contribution is -0.0815. The molecule has 0 aromatic carbocycles. The first kappa shape index (κ1) is 10.1. The number of nitrogens with zero attached hydrogens (tertiary/aromatic N) is 1. The fourth-order valence-corrected chi connectivity index (χ4v) is 3.50. The summed E-state index contributed by atoms with van der Waals surface area (Å²) in [6, 6.07) is 0.913. The van der Waals surface area contributed by atoms with Gasteiger partial charge in [0.2, 0.25) is 0 Å². The minimum absolute atomic E-state index is 0.380. The maximum Gasteiger partial charge on any atom is 0.0789 e. The van der Waals surface area contributed by atoms with Crippen LogP contribution < -0.4 is 5.73 Å². The summed E-state index contributed by atoms with van der Waals surface area (Å²) in [5, 5.41) is 0. The summed E-state index contributed by atoms with van der Waals surface area (Å²) in [5.74, 6) is 1.56. The Morgan fingerprint density at radius 1 is 1.20 bits per heavy atom. The number of nitrogens with two attached hydrogens (primary N) is 1. The number of piperidine rings is 1. The van der Waals surface area contributed by atoms with E-state index in [2.05, 4.69) is 11.8 Å². The summed E-state index contributed by atoms with van der Waals surface area (Å²) in [4.78, 5) is 2.58. The van der Waals surface area contributed by atoms with Crippen molar-refractivity contribution in [1.82, 2.24) is 4.90 Å². The van der Waals surface area contributed by atoms with Gasteiger partial charge in [0.25, 0.3) is 0 Å². The van der Waals surface area contributed by atoms with Crippen LogP contribution in [0.5, 0.6) is 0 Å². The van der Waals surface area contributed by atoms with Crippen molar-refractivity contribution >= 4 is 0 Å². The summed E-state index contributed by atoms with van der Waals surface area (Å²) in [6.45, 7) is 5.74. The summed E-state index contributed by atoms with van der Waals surface area (Å²) in [5.41, 5.74) is 6.25. The van der Waals surface area contributed by atoms with Gasteiger partial charge < -0.3 is 10.5 Å². The minimum atomic E-state index is 0.380. The Bertz CT molecular complexity index is 238. The second-order valence-electron chi connectivity index (χ2n) is 5.57. The van der Waals surface area contributed by atoms with Crippen molar-refractivity contribution < 1.29 is 4.74 Å². The van der Waals surface area contributed by atoms with Crippen LogP contribution in [0.2, 0.25) is 0 Å². The molecule has 0 aromatic heterocycles. The van der Waals surface area contributed by atoms with E-state index in [9.17, 15) is 0 Å². The summed E-state index contributed by atoms with van der Waals surface area (Å²) in [7, 11) is 0. The number of rotatable bonds is 1. The Hall–Kier alpha value is -0.120. The summed E-state index contributed by atoms with van der Waals surface area (Å²) >= 11 is 0. The first-order chi connectivity index (χ1) is 7.27. The van der Waals surface area contributed by atoms with E-state index in [1.54, 1.807) is 0 Å². The zero-order valence-electron chi connectivity index (χ0n) is 9.56. The van der Waals surface area contributed by atoms with E-state index in [1.807, 2.05) is 0 Å². The third-order valence-electron chi connectivity index (χ3n) is 4.65. The zero-order chi connectivity index (χ0) is 10.4. The Balaban J connectivity index is 1.63. The van der Waals surface area contributed by atoms with Crippen molar-refractivity contribution in [3.8, 4) is 0 Å². The average molecular weight is 210 g/mol. The monoisotopic (exact) mass is 210 g/mol. The van der Waals surface area contributed by atoms with E-state index in [0.29, 0.717) is 24.1 Å². The maximum absolute atomic E-state index is 6.25. The SMILES string of the molecule is CC1CCN(C2C(N)C3CCOC32)CC1. The highest BCUT2D eigenvalue weighted by atomic mass is 16.5. The lowest BCUT2D eigenvalue weighted by atomic mass is 9.70. The van der Waals surface area contributed by atoms with E-state index in [1.165, 1.54) is 32.4 Å². The Labute approximate surface area is 91.9 Å². The first-order valence-electron chi connectivity index (χ1n) is 6.38. The molecule has 1 aliphatic carbocycles. The van der Waals surface area contributed by atoms with Gasteiger partial charge in [-0.2, -0.15) is 0 Å². The molecule has 3 rings (SSSR count). The van der Waals surface area contributed by atoms with Crippen LogP contribution in [0.25, 0.3) is 0 Å². The molecule has 2 heterocycles. The van der Waals surface area contributed by atoms with Crippen LogP contribution in [0.15, 0.2) is 0 Å². The Morgan fingerprint density at radius 2 is 1.93 bits per heavy atom. The molecule has 4 unspecified atom stereocenters. The molecule has 0 spiro atoms. The topological polar surface area (TPSA) is 38.5 Å². The lowest BCUT2D eigenvalue weighted by Crippen LogP contribution is -2.69. The molecular weight excluding hydrogens is 188 g/mol. The van der Waals surface area contributed by atoms with Gasteiger partial charge in [0.1, 0.15) is 0 Å². The highest BCUT2D eigenvalue weighted by Gasteiger charge is 2.54. The molecule has 1 saturated carbocycles. The van der Waals surface area contributed by atoms with Gasteiger partial charge in [-0.05, 0) is 38.3 Å². The maximum atomic E-state index is 6.25. The first-order valence-corrected chi connectivity index (χ1v) is 6.38. The molecule has 0 aromatic rings. The van der Waals surface area contributed by atoms with E-state index >= 15 is 0 Å². The molecule has 3 heteroatoms. The molecule has 86 valence electrons. The van der Waals surface area contributed by atoms with Crippen LogP contribution in [0.1, 0.15) is 26.2 Å². The molecule has 0 bridgehead atoms. The molecule has 4 atom stereocenters. The van der Waals surface area contributed by atoms with Crippen LogP contribution >= 0.6 is 0 Å². The fraction of sp³-hybridized carbons (Fsp3) is 1.00. The highest BCUT2D eigenvalue weighted by Crippen LogP contribution is 2.41. The van der Waals surface area contributed by atoms with E-state index in [4.69, 9.17) is 10.5 Å². The molecule has 2 N–H and O–H groups in total. The van der Waals surface area contributed by atoms with Crippen LogP contribution in [0, 0.1) is 11.8 Å². The van der Waals surface area contributed by atoms with Crippen molar-refractivity contribution in [1.29, 1.82) is 0 Å². The highest BCUT2D eigenvalue weighted by molar-refractivity contribution is 5.09. The smallest absolute Gasteiger partial charge is 0.0789 e. The number of likely N-dealkylation sites (tertiary alicyclic amines) is 1. The molecule has 2 aliphatic heterocycles. The summed E-state index contributed by atoms with van der Waals surface area (Å²) < 4.78 is 5.79. The van der Waals surface area contributed by atoms with Crippen molar-refractivity contribution in [3.05, 3.63) is 0 Å². The van der Waals surface area contributed by atoms with E-state index in [-0.39, 0.29) is 0 Å². The number of hydrogen-bond donors (Lipinski definition) is 1. The standard InChI is InChI=1S/C12H22N2O/c1-8-2-5-14(6-3-8)11-10(13)9-4-7-15-12(9)11/h8-12H,2-7,13H2,1H3. The molecule has 2 saturated heterocycles. The molecule has 0 amide bonds. The molecule has 3 aliphatic rings. The number of fused-ring (bicyclic) bond motifs is 1. The van der Waals surface area contributed by atoms with E-state index < -0.39 is 0 Å². The van der Waals surface area contributed by atoms with Crippen molar-refractivity contribution in [3.63, 3.8) is 0 Å². The second kappa shape index (κ2) is 3.72. The Kier molecular flexibility index (Phi) is 2.49. The third kappa shape index (κ3) is 1.52. The molecule has 3 nitrogen and oxygen atoms in total. The van der Waals surface area contributed by atoms with Crippen molar-refractivity contribution in [2.24, 2.45) is 17.6 Å². The van der Waals surface area contributed by atoms with Crippen LogP contribution in [0.3, 0.4) is 0 Å². The van der Waals surface area contributed by atoms with Crippen LogP contribution in [-0.2, 0) is 4.74 Å². The minimum Gasteiger partial charge on any atom is -0.376 e. The van der Waals surface area contributed by atoms with E-state index in [0.717, 1.165) is 12.5 Å². The van der Waals surface area contributed by atoms with Crippen molar-refractivity contribution in [2.45, 2.75) is 44.4 Å². The van der Waals surface area contributed by atoms with Gasteiger partial charge in [0, 0.05) is 18.6 Å². The Morgan fingerprint density at radius 3 is 2.67 bits per heavy atom.